The highest BCUT2D eigenvalue weighted by Crippen LogP contribution is 2.17. The van der Waals surface area contributed by atoms with E-state index in [9.17, 15) is 14.0 Å². The van der Waals surface area contributed by atoms with Gasteiger partial charge in [-0.1, -0.05) is 42.6 Å². The third-order valence-electron chi connectivity index (χ3n) is 3.56. The van der Waals surface area contributed by atoms with Crippen molar-refractivity contribution < 1.29 is 18.8 Å². The number of carbonyl (C=O) groups excluding carboxylic acids is 2. The molecule has 0 spiro atoms. The van der Waals surface area contributed by atoms with Crippen molar-refractivity contribution in [2.45, 2.75) is 38.1 Å². The van der Waals surface area contributed by atoms with Crippen molar-refractivity contribution in [2.24, 2.45) is 5.16 Å². The van der Waals surface area contributed by atoms with Gasteiger partial charge in [0.15, 0.2) is 6.61 Å². The van der Waals surface area contributed by atoms with E-state index in [4.69, 9.17) is 4.84 Å². The molecule has 1 fully saturated rings. The van der Waals surface area contributed by atoms with Crippen molar-refractivity contribution in [1.29, 1.82) is 0 Å². The fourth-order valence-electron chi connectivity index (χ4n) is 2.40. The van der Waals surface area contributed by atoms with Crippen LogP contribution in [-0.4, -0.2) is 30.8 Å². The van der Waals surface area contributed by atoms with Gasteiger partial charge in [0, 0.05) is 11.6 Å². The number of benzene rings is 1. The number of nitrogens with one attached hydrogen (secondary N) is 2. The van der Waals surface area contributed by atoms with E-state index in [0.29, 0.717) is 0 Å². The van der Waals surface area contributed by atoms with Gasteiger partial charge in [-0.3, -0.25) is 10.1 Å². The first-order valence-electron chi connectivity index (χ1n) is 7.65. The van der Waals surface area contributed by atoms with Gasteiger partial charge in [0.25, 0.3) is 5.91 Å². The van der Waals surface area contributed by atoms with E-state index in [1.807, 2.05) is 0 Å². The Morgan fingerprint density at radius 3 is 2.74 bits per heavy atom. The maximum absolute atomic E-state index is 13.3. The van der Waals surface area contributed by atoms with Crippen molar-refractivity contribution in [2.75, 3.05) is 6.61 Å². The lowest BCUT2D eigenvalue weighted by atomic mass is 9.96. The molecule has 0 bridgehead atoms. The first-order valence-corrected chi connectivity index (χ1v) is 7.65. The number of hydrogen-bond donors (Lipinski definition) is 2. The van der Waals surface area contributed by atoms with E-state index in [1.54, 1.807) is 12.1 Å². The first-order chi connectivity index (χ1) is 11.1. The minimum Gasteiger partial charge on any atom is -0.386 e. The molecular formula is C16H20FN3O3. The van der Waals surface area contributed by atoms with Crippen molar-refractivity contribution in [3.05, 3.63) is 35.6 Å². The molecule has 1 saturated carbocycles. The molecule has 1 aromatic carbocycles. The summed E-state index contributed by atoms with van der Waals surface area (Å²) in [6.07, 6.45) is 6.41. The Morgan fingerprint density at radius 1 is 1.26 bits per heavy atom. The average molecular weight is 321 g/mol. The summed E-state index contributed by atoms with van der Waals surface area (Å²) in [5.74, 6) is -1.04. The minimum atomic E-state index is -0.607. The SMILES string of the molecule is O=C(CO/N=C\c1ccccc1F)NC(=O)NC1CCCCC1. The molecule has 1 aliphatic rings. The number of imide groups is 1. The zero-order valence-electron chi connectivity index (χ0n) is 12.8. The van der Waals surface area contributed by atoms with E-state index < -0.39 is 24.4 Å². The Kier molecular flexibility index (Phi) is 6.53. The molecule has 0 heterocycles. The number of hydrogen-bond acceptors (Lipinski definition) is 4. The summed E-state index contributed by atoms with van der Waals surface area (Å²) in [6.45, 7) is -0.414. The van der Waals surface area contributed by atoms with Gasteiger partial charge >= 0.3 is 6.03 Å². The van der Waals surface area contributed by atoms with Gasteiger partial charge in [-0.2, -0.15) is 0 Å². The zero-order valence-corrected chi connectivity index (χ0v) is 12.8. The number of carbonyl (C=O) groups is 2. The zero-order chi connectivity index (χ0) is 16.5. The van der Waals surface area contributed by atoms with Gasteiger partial charge in [0.1, 0.15) is 5.82 Å². The van der Waals surface area contributed by atoms with E-state index in [2.05, 4.69) is 15.8 Å². The lowest BCUT2D eigenvalue weighted by molar-refractivity contribution is -0.124. The molecule has 2 rings (SSSR count). The van der Waals surface area contributed by atoms with E-state index in [0.717, 1.165) is 25.7 Å². The smallest absolute Gasteiger partial charge is 0.321 e. The van der Waals surface area contributed by atoms with Crippen LogP contribution in [0.1, 0.15) is 37.7 Å². The van der Waals surface area contributed by atoms with Gasteiger partial charge < -0.3 is 10.2 Å². The summed E-state index contributed by atoms with van der Waals surface area (Å²) < 4.78 is 13.3. The molecule has 6 nitrogen and oxygen atoms in total. The number of urea groups is 1. The van der Waals surface area contributed by atoms with Gasteiger partial charge in [0.05, 0.1) is 6.21 Å². The third kappa shape index (κ3) is 6.06. The average Bonchev–Trinajstić information content (AvgIpc) is 2.54. The molecule has 1 aliphatic carbocycles. The summed E-state index contributed by atoms with van der Waals surface area (Å²) in [5.41, 5.74) is 0.253. The van der Waals surface area contributed by atoms with Crippen LogP contribution >= 0.6 is 0 Å². The lowest BCUT2D eigenvalue weighted by Gasteiger charge is -2.22. The van der Waals surface area contributed by atoms with Crippen LogP contribution in [0.15, 0.2) is 29.4 Å². The summed E-state index contributed by atoms with van der Waals surface area (Å²) >= 11 is 0. The summed E-state index contributed by atoms with van der Waals surface area (Å²) in [6, 6.07) is 5.64. The minimum absolute atomic E-state index is 0.122. The second kappa shape index (κ2) is 8.87. The number of rotatable bonds is 5. The molecule has 7 heteroatoms. The highest BCUT2D eigenvalue weighted by molar-refractivity contribution is 5.95. The van der Waals surface area contributed by atoms with Crippen LogP contribution in [0.5, 0.6) is 0 Å². The number of amides is 3. The van der Waals surface area contributed by atoms with Crippen LogP contribution in [0.25, 0.3) is 0 Å². The summed E-state index contributed by atoms with van der Waals surface area (Å²) in [7, 11) is 0. The molecule has 0 aliphatic heterocycles. The predicted octanol–water partition coefficient (Wildman–Crippen LogP) is 2.33. The van der Waals surface area contributed by atoms with Crippen molar-refractivity contribution >= 4 is 18.2 Å². The largest absolute Gasteiger partial charge is 0.386 e. The quantitative estimate of drug-likeness (QED) is 0.645. The van der Waals surface area contributed by atoms with Gasteiger partial charge in [-0.05, 0) is 18.9 Å². The Balaban J connectivity index is 1.66. The van der Waals surface area contributed by atoms with Crippen LogP contribution in [0.4, 0.5) is 9.18 Å². The van der Waals surface area contributed by atoms with Gasteiger partial charge in [-0.15, -0.1) is 0 Å². The third-order valence-corrected chi connectivity index (χ3v) is 3.56. The summed E-state index contributed by atoms with van der Waals surface area (Å²) in [4.78, 5) is 27.9. The van der Waals surface area contributed by atoms with Crippen LogP contribution in [0.2, 0.25) is 0 Å². The van der Waals surface area contributed by atoms with E-state index >= 15 is 0 Å². The lowest BCUT2D eigenvalue weighted by Crippen LogP contribution is -2.46. The van der Waals surface area contributed by atoms with Crippen molar-refractivity contribution in [3.8, 4) is 0 Å². The number of halogens is 1. The second-order valence-corrected chi connectivity index (χ2v) is 5.39. The fraction of sp³-hybridized carbons (Fsp3) is 0.438. The molecule has 0 atom stereocenters. The number of oxime groups is 1. The Labute approximate surface area is 134 Å². The molecule has 0 unspecified atom stereocenters. The Hall–Kier alpha value is -2.44. The molecule has 0 saturated heterocycles. The van der Waals surface area contributed by atoms with Crippen LogP contribution < -0.4 is 10.6 Å². The number of nitrogens with zero attached hydrogens (tertiary/aromatic N) is 1. The molecule has 0 aromatic heterocycles. The molecule has 0 radical (unpaired) electrons. The monoisotopic (exact) mass is 321 g/mol. The molecule has 2 N–H and O–H groups in total. The molecular weight excluding hydrogens is 301 g/mol. The molecule has 124 valence electrons. The second-order valence-electron chi connectivity index (χ2n) is 5.39. The highest BCUT2D eigenvalue weighted by Gasteiger charge is 2.16. The van der Waals surface area contributed by atoms with Crippen LogP contribution in [-0.2, 0) is 9.63 Å². The highest BCUT2D eigenvalue weighted by atomic mass is 19.1. The van der Waals surface area contributed by atoms with Crippen molar-refractivity contribution in [3.63, 3.8) is 0 Å². The van der Waals surface area contributed by atoms with Crippen LogP contribution in [0.3, 0.4) is 0 Å². The first kappa shape index (κ1) is 16.9. The predicted molar refractivity (Wildman–Crippen MR) is 83.5 cm³/mol. The van der Waals surface area contributed by atoms with Gasteiger partial charge in [-0.25, -0.2) is 9.18 Å². The maximum atomic E-state index is 13.3. The van der Waals surface area contributed by atoms with E-state index in [-0.39, 0.29) is 11.6 Å². The fourth-order valence-corrected chi connectivity index (χ4v) is 2.40. The standard InChI is InChI=1S/C16H20FN3O3/c17-14-9-5-4-6-12(14)10-18-23-11-15(21)20-16(22)19-13-7-2-1-3-8-13/h4-6,9-10,13H,1-3,7-8,11H2,(H2,19,20,21,22)/b18-10-. The summed E-state index contributed by atoms with van der Waals surface area (Å²) in [5, 5.41) is 8.44. The normalized spacial score (nSPS) is 15.3. The topological polar surface area (TPSA) is 79.8 Å². The Bertz CT molecular complexity index is 571. The van der Waals surface area contributed by atoms with E-state index in [1.165, 1.54) is 24.8 Å². The molecule has 23 heavy (non-hydrogen) atoms. The molecule has 3 amide bonds. The molecule has 1 aromatic rings. The Morgan fingerprint density at radius 2 is 2.00 bits per heavy atom. The van der Waals surface area contributed by atoms with Crippen molar-refractivity contribution in [1.82, 2.24) is 10.6 Å². The van der Waals surface area contributed by atoms with Gasteiger partial charge in [0.2, 0.25) is 0 Å². The maximum Gasteiger partial charge on any atom is 0.321 e. The van der Waals surface area contributed by atoms with Crippen LogP contribution in [0, 0.1) is 5.82 Å².